The van der Waals surface area contributed by atoms with Crippen LogP contribution in [0.15, 0.2) is 70.6 Å². The van der Waals surface area contributed by atoms with E-state index in [2.05, 4.69) is 36.6 Å². The van der Waals surface area contributed by atoms with Crippen molar-refractivity contribution in [1.29, 1.82) is 0 Å². The summed E-state index contributed by atoms with van der Waals surface area (Å²) in [5.74, 6) is 0.389. The van der Waals surface area contributed by atoms with Gasteiger partial charge in [-0.1, -0.05) is 39.7 Å². The van der Waals surface area contributed by atoms with Crippen LogP contribution in [0.5, 0.6) is 0 Å². The lowest BCUT2D eigenvalue weighted by Crippen LogP contribution is -2.31. The summed E-state index contributed by atoms with van der Waals surface area (Å²) in [6.45, 7) is 1.86. The summed E-state index contributed by atoms with van der Waals surface area (Å²) in [6, 6.07) is 14.4. The summed E-state index contributed by atoms with van der Waals surface area (Å²) < 4.78 is 2.68. The van der Waals surface area contributed by atoms with Gasteiger partial charge in [0.25, 0.3) is 5.91 Å². The average molecular weight is 445 g/mol. The fraction of sp³-hybridized carbons (Fsp3) is 0.105. The van der Waals surface area contributed by atoms with Gasteiger partial charge >= 0.3 is 0 Å². The maximum absolute atomic E-state index is 13.1. The van der Waals surface area contributed by atoms with E-state index in [9.17, 15) is 4.79 Å². The predicted molar refractivity (Wildman–Crippen MR) is 109 cm³/mol. The molecule has 0 radical (unpaired) electrons. The van der Waals surface area contributed by atoms with Crippen LogP contribution in [0.2, 0.25) is 5.02 Å². The van der Waals surface area contributed by atoms with Crippen LogP contribution >= 0.6 is 27.5 Å². The lowest BCUT2D eigenvalue weighted by atomic mass is 9.95. The van der Waals surface area contributed by atoms with Gasteiger partial charge in [0, 0.05) is 20.9 Å². The van der Waals surface area contributed by atoms with Crippen molar-refractivity contribution in [1.82, 2.24) is 14.8 Å². The number of nitrogens with zero attached hydrogens (tertiary/aromatic N) is 3. The number of benzene rings is 2. The Bertz CT molecular complexity index is 1030. The molecule has 1 aliphatic heterocycles. The van der Waals surface area contributed by atoms with Gasteiger partial charge in [0.1, 0.15) is 12.4 Å². The first kappa shape index (κ1) is 17.8. The van der Waals surface area contributed by atoms with Crippen molar-refractivity contribution < 1.29 is 4.79 Å². The molecule has 2 heterocycles. The lowest BCUT2D eigenvalue weighted by molar-refractivity contribution is -0.113. The summed E-state index contributed by atoms with van der Waals surface area (Å²) in [4.78, 5) is 17.4. The number of anilines is 2. The van der Waals surface area contributed by atoms with Crippen LogP contribution in [0.1, 0.15) is 18.5 Å². The number of nitrogens with one attached hydrogen (secondary N) is 2. The number of amides is 1. The quantitative estimate of drug-likeness (QED) is 0.618. The van der Waals surface area contributed by atoms with Gasteiger partial charge in [-0.25, -0.2) is 4.68 Å². The minimum atomic E-state index is -0.385. The van der Waals surface area contributed by atoms with Gasteiger partial charge < -0.3 is 10.6 Å². The van der Waals surface area contributed by atoms with E-state index >= 15 is 0 Å². The molecule has 0 unspecified atom stereocenters. The number of carbonyl (C=O) groups excluding carboxylic acids is 1. The van der Waals surface area contributed by atoms with Crippen molar-refractivity contribution in [3.63, 3.8) is 0 Å². The number of carbonyl (C=O) groups is 1. The summed E-state index contributed by atoms with van der Waals surface area (Å²) >= 11 is 9.38. The van der Waals surface area contributed by atoms with E-state index in [0.717, 1.165) is 15.7 Å². The SMILES string of the molecule is CC1=C(C(=O)Nc2ccc(Cl)cc2)[C@@H](c2ccc(Br)cc2)n2ncnc2N1. The zero-order chi connectivity index (χ0) is 19.0. The summed E-state index contributed by atoms with van der Waals surface area (Å²) in [6.07, 6.45) is 1.47. The monoisotopic (exact) mass is 443 g/mol. The van der Waals surface area contributed by atoms with Crippen LogP contribution in [0, 0.1) is 0 Å². The maximum Gasteiger partial charge on any atom is 0.255 e. The molecule has 1 aliphatic rings. The van der Waals surface area contributed by atoms with E-state index in [4.69, 9.17) is 11.6 Å². The Hall–Kier alpha value is -2.64. The van der Waals surface area contributed by atoms with Crippen molar-refractivity contribution >= 4 is 45.1 Å². The molecule has 1 atom stereocenters. The molecular weight excluding hydrogens is 430 g/mol. The fourth-order valence-electron chi connectivity index (χ4n) is 3.07. The number of aromatic nitrogens is 3. The molecule has 1 amide bonds. The van der Waals surface area contributed by atoms with Crippen LogP contribution in [-0.2, 0) is 4.79 Å². The Morgan fingerprint density at radius 1 is 1.19 bits per heavy atom. The highest BCUT2D eigenvalue weighted by Gasteiger charge is 2.33. The fourth-order valence-corrected chi connectivity index (χ4v) is 3.46. The third-order valence-electron chi connectivity index (χ3n) is 4.33. The molecule has 4 rings (SSSR count). The average Bonchev–Trinajstić information content (AvgIpc) is 3.11. The molecule has 0 spiro atoms. The number of hydrogen-bond donors (Lipinski definition) is 2. The van der Waals surface area contributed by atoms with Gasteiger partial charge in [-0.05, 0) is 48.9 Å². The molecular formula is C19H15BrClN5O. The highest BCUT2D eigenvalue weighted by molar-refractivity contribution is 9.10. The third-order valence-corrected chi connectivity index (χ3v) is 5.11. The molecule has 6 nitrogen and oxygen atoms in total. The zero-order valence-corrected chi connectivity index (χ0v) is 16.6. The summed E-state index contributed by atoms with van der Waals surface area (Å²) in [5.41, 5.74) is 2.91. The summed E-state index contributed by atoms with van der Waals surface area (Å²) in [7, 11) is 0. The first-order valence-corrected chi connectivity index (χ1v) is 9.39. The first-order valence-electron chi connectivity index (χ1n) is 8.22. The van der Waals surface area contributed by atoms with E-state index in [0.29, 0.717) is 22.2 Å². The Morgan fingerprint density at radius 2 is 1.89 bits per heavy atom. The van der Waals surface area contributed by atoms with Gasteiger partial charge in [-0.3, -0.25) is 4.79 Å². The zero-order valence-electron chi connectivity index (χ0n) is 14.3. The maximum atomic E-state index is 13.1. The lowest BCUT2D eigenvalue weighted by Gasteiger charge is -2.28. The van der Waals surface area contributed by atoms with Crippen LogP contribution in [0.4, 0.5) is 11.6 Å². The van der Waals surface area contributed by atoms with Gasteiger partial charge in [0.15, 0.2) is 0 Å². The van der Waals surface area contributed by atoms with Crippen molar-refractivity contribution in [2.45, 2.75) is 13.0 Å². The van der Waals surface area contributed by atoms with Gasteiger partial charge in [-0.2, -0.15) is 10.1 Å². The van der Waals surface area contributed by atoms with Crippen molar-refractivity contribution in [3.8, 4) is 0 Å². The topological polar surface area (TPSA) is 71.8 Å². The van der Waals surface area contributed by atoms with Crippen LogP contribution in [0.3, 0.4) is 0 Å². The largest absolute Gasteiger partial charge is 0.328 e. The second kappa shape index (κ2) is 7.17. The molecule has 0 saturated carbocycles. The molecule has 27 heavy (non-hydrogen) atoms. The van der Waals surface area contributed by atoms with Crippen LogP contribution < -0.4 is 10.6 Å². The highest BCUT2D eigenvalue weighted by atomic mass is 79.9. The number of halogens is 2. The molecule has 0 saturated heterocycles. The normalized spacial score (nSPS) is 15.9. The first-order chi connectivity index (χ1) is 13.0. The standard InChI is InChI=1S/C19H15BrClN5O/c1-11-16(18(27)25-15-8-6-14(21)7-9-15)17(12-2-4-13(20)5-3-12)26-19(24-11)22-10-23-26/h2-10,17H,1H3,(H,25,27)(H,22,23,24)/t17-/m1/s1. The molecule has 2 aromatic carbocycles. The Kier molecular flexibility index (Phi) is 4.72. The molecule has 0 bridgehead atoms. The van der Waals surface area contributed by atoms with E-state index in [1.165, 1.54) is 6.33 Å². The molecule has 1 aromatic heterocycles. The predicted octanol–water partition coefficient (Wildman–Crippen LogP) is 4.62. The Labute approximate surface area is 169 Å². The van der Waals surface area contributed by atoms with E-state index in [1.54, 1.807) is 28.9 Å². The molecule has 0 fully saturated rings. The minimum absolute atomic E-state index is 0.212. The van der Waals surface area contributed by atoms with Gasteiger partial charge in [0.2, 0.25) is 5.95 Å². The number of rotatable bonds is 3. The molecule has 8 heteroatoms. The second-order valence-corrected chi connectivity index (χ2v) is 7.46. The minimum Gasteiger partial charge on any atom is -0.328 e. The number of allylic oxidation sites excluding steroid dienone is 1. The van der Waals surface area contributed by atoms with Gasteiger partial charge in [-0.15, -0.1) is 0 Å². The van der Waals surface area contributed by atoms with Crippen LogP contribution in [-0.4, -0.2) is 20.7 Å². The second-order valence-electron chi connectivity index (χ2n) is 6.11. The Morgan fingerprint density at radius 3 is 2.59 bits per heavy atom. The van der Waals surface area contributed by atoms with Crippen molar-refractivity contribution in [3.05, 3.63) is 81.2 Å². The van der Waals surface area contributed by atoms with Crippen molar-refractivity contribution in [2.75, 3.05) is 10.6 Å². The van der Waals surface area contributed by atoms with E-state index < -0.39 is 0 Å². The third kappa shape index (κ3) is 3.48. The molecule has 3 aromatic rings. The van der Waals surface area contributed by atoms with E-state index in [-0.39, 0.29) is 11.9 Å². The van der Waals surface area contributed by atoms with Crippen molar-refractivity contribution in [2.24, 2.45) is 0 Å². The van der Waals surface area contributed by atoms with Gasteiger partial charge in [0.05, 0.1) is 5.57 Å². The molecule has 2 N–H and O–H groups in total. The molecule has 0 aliphatic carbocycles. The van der Waals surface area contributed by atoms with E-state index in [1.807, 2.05) is 31.2 Å². The van der Waals surface area contributed by atoms with Crippen LogP contribution in [0.25, 0.3) is 0 Å². The molecule has 136 valence electrons. The number of hydrogen-bond acceptors (Lipinski definition) is 4. The Balaban J connectivity index is 1.74. The smallest absolute Gasteiger partial charge is 0.255 e. The highest BCUT2D eigenvalue weighted by Crippen LogP contribution is 2.35. The number of fused-ring (bicyclic) bond motifs is 1. The summed E-state index contributed by atoms with van der Waals surface area (Å²) in [5, 5.41) is 11.0.